The Morgan fingerprint density at radius 2 is 2.21 bits per heavy atom. The van der Waals surface area contributed by atoms with E-state index in [1.165, 1.54) is 25.8 Å². The van der Waals surface area contributed by atoms with E-state index in [2.05, 4.69) is 30.6 Å². The van der Waals surface area contributed by atoms with Crippen LogP contribution in [0.3, 0.4) is 0 Å². The van der Waals surface area contributed by atoms with E-state index < -0.39 is 0 Å². The summed E-state index contributed by atoms with van der Waals surface area (Å²) in [6.07, 6.45) is 4.02. The predicted molar refractivity (Wildman–Crippen MR) is 80.4 cm³/mol. The van der Waals surface area contributed by atoms with Gasteiger partial charge in [0.1, 0.15) is 0 Å². The zero-order valence-electron chi connectivity index (χ0n) is 12.9. The van der Waals surface area contributed by atoms with Gasteiger partial charge in [0.15, 0.2) is 0 Å². The highest BCUT2D eigenvalue weighted by atomic mass is 16.5. The van der Waals surface area contributed by atoms with Gasteiger partial charge in [-0.25, -0.2) is 0 Å². The molecule has 1 N–H and O–H groups in total. The average molecular weight is 266 g/mol. The molecule has 1 aliphatic carbocycles. The van der Waals surface area contributed by atoms with Crippen molar-refractivity contribution in [2.24, 2.45) is 5.92 Å². The smallest absolute Gasteiger partial charge is 0.0672 e. The zero-order chi connectivity index (χ0) is 13.9. The molecule has 2 atom stereocenters. The van der Waals surface area contributed by atoms with E-state index in [4.69, 9.17) is 4.74 Å². The van der Waals surface area contributed by atoms with Crippen LogP contribution in [0, 0.1) is 5.92 Å². The second-order valence-electron chi connectivity index (χ2n) is 6.61. The normalized spacial score (nSPS) is 32.5. The third-order valence-corrected chi connectivity index (χ3v) is 4.61. The van der Waals surface area contributed by atoms with Crippen LogP contribution in [0.4, 0.5) is 0 Å². The molecule has 2 rings (SSSR count). The molecule has 0 aromatic heterocycles. The molecule has 1 heterocycles. The molecule has 3 nitrogen and oxygen atoms in total. The molecule has 0 aromatic rings. The summed E-state index contributed by atoms with van der Waals surface area (Å²) in [7, 11) is 0. The largest absolute Gasteiger partial charge is 0.376 e. The number of hydrogen-bond donors (Lipinski definition) is 1. The third kappa shape index (κ3) is 4.04. The topological polar surface area (TPSA) is 24.5 Å². The Morgan fingerprint density at radius 3 is 2.79 bits per heavy atom. The fraction of sp³-hybridized carbons (Fsp3) is 0.875. The molecule has 0 amide bonds. The van der Waals surface area contributed by atoms with Crippen LogP contribution in [0.1, 0.15) is 40.0 Å². The summed E-state index contributed by atoms with van der Waals surface area (Å²) >= 11 is 0. The maximum Gasteiger partial charge on any atom is 0.0672 e. The summed E-state index contributed by atoms with van der Waals surface area (Å²) in [5.74, 6) is 0.893. The molecule has 110 valence electrons. The summed E-state index contributed by atoms with van der Waals surface area (Å²) in [6.45, 7) is 15.5. The first-order valence-corrected chi connectivity index (χ1v) is 7.76. The molecular formula is C16H30N2O. The highest BCUT2D eigenvalue weighted by molar-refractivity contribution is 5.03. The van der Waals surface area contributed by atoms with Crippen molar-refractivity contribution in [1.82, 2.24) is 10.2 Å². The second kappa shape index (κ2) is 6.38. The van der Waals surface area contributed by atoms with Crippen molar-refractivity contribution in [1.29, 1.82) is 0 Å². The molecule has 0 radical (unpaired) electrons. The van der Waals surface area contributed by atoms with Gasteiger partial charge < -0.3 is 10.1 Å². The lowest BCUT2D eigenvalue weighted by atomic mass is 9.90. The minimum atomic E-state index is 0.333. The van der Waals surface area contributed by atoms with Gasteiger partial charge in [0.2, 0.25) is 0 Å². The number of rotatable bonds is 7. The highest BCUT2D eigenvalue weighted by Gasteiger charge is 2.45. The van der Waals surface area contributed by atoms with Crippen molar-refractivity contribution >= 4 is 0 Å². The number of nitrogens with one attached hydrogen (secondary N) is 1. The van der Waals surface area contributed by atoms with Crippen LogP contribution in [0.5, 0.6) is 0 Å². The van der Waals surface area contributed by atoms with Crippen LogP contribution in [0.15, 0.2) is 12.2 Å². The van der Waals surface area contributed by atoms with Crippen LogP contribution in [0.25, 0.3) is 0 Å². The summed E-state index contributed by atoms with van der Waals surface area (Å²) in [5, 5.41) is 3.80. The third-order valence-electron chi connectivity index (χ3n) is 4.61. The van der Waals surface area contributed by atoms with Crippen molar-refractivity contribution in [3.63, 3.8) is 0 Å². The van der Waals surface area contributed by atoms with Crippen LogP contribution in [-0.2, 0) is 4.74 Å². The molecule has 1 saturated carbocycles. The quantitative estimate of drug-likeness (QED) is 0.566. The Balaban J connectivity index is 1.81. The molecule has 2 fully saturated rings. The second-order valence-corrected chi connectivity index (χ2v) is 6.61. The van der Waals surface area contributed by atoms with Gasteiger partial charge in [-0.3, -0.25) is 4.90 Å². The predicted octanol–water partition coefficient (Wildman–Crippen LogP) is 2.43. The van der Waals surface area contributed by atoms with Gasteiger partial charge in [0.25, 0.3) is 0 Å². The van der Waals surface area contributed by atoms with E-state index in [-0.39, 0.29) is 0 Å². The fourth-order valence-corrected chi connectivity index (χ4v) is 3.17. The Hall–Kier alpha value is -0.380. The molecule has 0 aromatic carbocycles. The zero-order valence-corrected chi connectivity index (χ0v) is 12.9. The van der Waals surface area contributed by atoms with Gasteiger partial charge in [-0.05, 0) is 39.0 Å². The standard InChI is InChI=1S/C16H30N2O/c1-5-15-10-17-16(4,14-6-7-14)12-18(15)8-9-19-11-13(2)3/h14-15,17H,2,5-12H2,1,3-4H3. The van der Waals surface area contributed by atoms with Gasteiger partial charge in [0.05, 0.1) is 13.2 Å². The molecule has 2 aliphatic rings. The number of ether oxygens (including phenoxy) is 1. The van der Waals surface area contributed by atoms with Crippen molar-refractivity contribution in [2.75, 3.05) is 32.8 Å². The minimum absolute atomic E-state index is 0.333. The Morgan fingerprint density at radius 1 is 1.47 bits per heavy atom. The molecule has 0 bridgehead atoms. The summed E-state index contributed by atoms with van der Waals surface area (Å²) < 4.78 is 5.67. The summed E-state index contributed by atoms with van der Waals surface area (Å²) in [6, 6.07) is 0.667. The molecule has 0 spiro atoms. The van der Waals surface area contributed by atoms with Gasteiger partial charge in [-0.1, -0.05) is 19.1 Å². The monoisotopic (exact) mass is 266 g/mol. The van der Waals surface area contributed by atoms with Crippen LogP contribution < -0.4 is 5.32 Å². The van der Waals surface area contributed by atoms with E-state index in [1.807, 2.05) is 6.92 Å². The summed E-state index contributed by atoms with van der Waals surface area (Å²) in [4.78, 5) is 2.63. The van der Waals surface area contributed by atoms with Crippen LogP contribution in [0.2, 0.25) is 0 Å². The first kappa shape index (κ1) is 15.0. The number of hydrogen-bond acceptors (Lipinski definition) is 3. The molecular weight excluding hydrogens is 236 g/mol. The lowest BCUT2D eigenvalue weighted by molar-refractivity contribution is 0.0419. The van der Waals surface area contributed by atoms with Crippen molar-refractivity contribution in [3.05, 3.63) is 12.2 Å². The van der Waals surface area contributed by atoms with Gasteiger partial charge >= 0.3 is 0 Å². The lowest BCUT2D eigenvalue weighted by Gasteiger charge is -2.46. The maximum atomic E-state index is 5.67. The molecule has 1 saturated heterocycles. The van der Waals surface area contributed by atoms with E-state index in [9.17, 15) is 0 Å². The maximum absolute atomic E-state index is 5.67. The van der Waals surface area contributed by atoms with Crippen molar-refractivity contribution in [2.45, 2.75) is 51.6 Å². The first-order valence-electron chi connectivity index (χ1n) is 7.76. The number of piperazine rings is 1. The van der Waals surface area contributed by atoms with Gasteiger partial charge in [-0.2, -0.15) is 0 Å². The lowest BCUT2D eigenvalue weighted by Crippen LogP contribution is -2.64. The first-order chi connectivity index (χ1) is 9.05. The highest BCUT2D eigenvalue weighted by Crippen LogP contribution is 2.41. The Bertz CT molecular complexity index is 314. The Labute approximate surface area is 118 Å². The van der Waals surface area contributed by atoms with Crippen LogP contribution >= 0.6 is 0 Å². The fourth-order valence-electron chi connectivity index (χ4n) is 3.17. The Kier molecular flexibility index (Phi) is 5.04. The average Bonchev–Trinajstić information content (AvgIpc) is 3.19. The minimum Gasteiger partial charge on any atom is -0.376 e. The SMILES string of the molecule is C=C(C)COCCN1CC(C)(C2CC2)NCC1CC. The summed E-state index contributed by atoms with van der Waals surface area (Å²) in [5.41, 5.74) is 1.44. The molecule has 3 heteroatoms. The molecule has 19 heavy (non-hydrogen) atoms. The van der Waals surface area contributed by atoms with Crippen LogP contribution in [-0.4, -0.2) is 49.3 Å². The van der Waals surface area contributed by atoms with E-state index >= 15 is 0 Å². The van der Waals surface area contributed by atoms with Gasteiger partial charge in [-0.15, -0.1) is 0 Å². The van der Waals surface area contributed by atoms with E-state index in [0.29, 0.717) is 18.2 Å². The van der Waals surface area contributed by atoms with Crippen molar-refractivity contribution in [3.8, 4) is 0 Å². The van der Waals surface area contributed by atoms with Crippen molar-refractivity contribution < 1.29 is 4.74 Å². The van der Waals surface area contributed by atoms with E-state index in [1.54, 1.807) is 0 Å². The molecule has 2 unspecified atom stereocenters. The number of nitrogens with zero attached hydrogens (tertiary/aromatic N) is 1. The molecule has 1 aliphatic heterocycles. The van der Waals surface area contributed by atoms with Gasteiger partial charge in [0, 0.05) is 31.2 Å². The van der Waals surface area contributed by atoms with E-state index in [0.717, 1.165) is 31.2 Å².